The normalized spacial score (nSPS) is 12.9. The first-order valence-electron chi connectivity index (χ1n) is 30.9. The minimum atomic E-state index is -0.797. The van der Waals surface area contributed by atoms with Gasteiger partial charge in [0.2, 0.25) is 0 Å². The zero-order valence-corrected chi connectivity index (χ0v) is 48.3. The van der Waals surface area contributed by atoms with E-state index >= 15 is 0 Å². The summed E-state index contributed by atoms with van der Waals surface area (Å²) in [6.45, 7) is 6.40. The highest BCUT2D eigenvalue weighted by Gasteiger charge is 2.19. The fraction of sp³-hybridized carbons (Fsp3) is 0.691. The van der Waals surface area contributed by atoms with E-state index in [0.29, 0.717) is 19.3 Å². The summed E-state index contributed by atoms with van der Waals surface area (Å²) in [7, 11) is 0. The molecule has 0 N–H and O–H groups in total. The van der Waals surface area contributed by atoms with Crippen LogP contribution in [0.1, 0.15) is 284 Å². The summed E-state index contributed by atoms with van der Waals surface area (Å²) in [5.41, 5.74) is 0. The number of esters is 3. The highest BCUT2D eigenvalue weighted by molar-refractivity contribution is 5.71. The number of carbonyl (C=O) groups is 3. The average Bonchev–Trinajstić information content (AvgIpc) is 3.40. The lowest BCUT2D eigenvalue weighted by atomic mass is 10.0. The van der Waals surface area contributed by atoms with Gasteiger partial charge in [0.15, 0.2) is 6.10 Å². The van der Waals surface area contributed by atoms with Crippen molar-refractivity contribution in [3.8, 4) is 0 Å². The Morgan fingerprint density at radius 3 is 0.824 bits per heavy atom. The maximum atomic E-state index is 12.9. The van der Waals surface area contributed by atoms with E-state index in [-0.39, 0.29) is 31.1 Å². The van der Waals surface area contributed by atoms with E-state index < -0.39 is 6.10 Å². The molecule has 6 heteroatoms. The first kappa shape index (κ1) is 70.1. The van der Waals surface area contributed by atoms with Gasteiger partial charge in [0.05, 0.1) is 0 Å². The van der Waals surface area contributed by atoms with Crippen LogP contribution >= 0.6 is 0 Å². The molecule has 74 heavy (non-hydrogen) atoms. The minimum absolute atomic E-state index is 0.0947. The maximum Gasteiger partial charge on any atom is 0.306 e. The van der Waals surface area contributed by atoms with Crippen LogP contribution in [0, 0.1) is 0 Å². The zero-order valence-electron chi connectivity index (χ0n) is 48.3. The van der Waals surface area contributed by atoms with Gasteiger partial charge < -0.3 is 14.2 Å². The fourth-order valence-electron chi connectivity index (χ4n) is 8.46. The molecule has 0 saturated carbocycles. The summed E-state index contributed by atoms with van der Waals surface area (Å²) in [5, 5.41) is 0. The number of allylic oxidation sites excluding steroid dienone is 18. The van der Waals surface area contributed by atoms with Gasteiger partial charge in [0.25, 0.3) is 0 Å². The number of ether oxygens (including phenoxy) is 3. The van der Waals surface area contributed by atoms with Crippen molar-refractivity contribution < 1.29 is 28.6 Å². The van der Waals surface area contributed by atoms with Crippen LogP contribution in [0.5, 0.6) is 0 Å². The molecule has 0 aromatic heterocycles. The van der Waals surface area contributed by atoms with Gasteiger partial charge in [-0.05, 0) is 103 Å². The van der Waals surface area contributed by atoms with Gasteiger partial charge >= 0.3 is 17.9 Å². The minimum Gasteiger partial charge on any atom is -0.462 e. The zero-order chi connectivity index (χ0) is 53.6. The summed E-state index contributed by atoms with van der Waals surface area (Å²) in [5.74, 6) is -0.927. The smallest absolute Gasteiger partial charge is 0.306 e. The Hall–Kier alpha value is -3.93. The second-order valence-corrected chi connectivity index (χ2v) is 20.2. The average molecular weight is 1030 g/mol. The third kappa shape index (κ3) is 59.0. The van der Waals surface area contributed by atoms with E-state index in [1.165, 1.54) is 96.3 Å². The SMILES string of the molecule is CC/C=C\C/C=C\C/C=C\C/C=C\C/C=C\C/C=C\CCCCCCC(=O)OCC(COC(=O)CCCCCCC/C=C\C/C=C\C/C=C\CC)OC(=O)CCCCCCCCCCCCCCCCCCCC. The molecule has 422 valence electrons. The van der Waals surface area contributed by atoms with Crippen LogP contribution in [0.25, 0.3) is 0 Å². The number of rotatable bonds is 55. The second-order valence-electron chi connectivity index (χ2n) is 20.2. The molecule has 0 rings (SSSR count). The third-order valence-corrected chi connectivity index (χ3v) is 13.0. The fourth-order valence-corrected chi connectivity index (χ4v) is 8.46. The van der Waals surface area contributed by atoms with Crippen LogP contribution in [0.4, 0.5) is 0 Å². The van der Waals surface area contributed by atoms with Gasteiger partial charge in [-0.1, -0.05) is 271 Å². The molecule has 0 aliphatic heterocycles. The maximum absolute atomic E-state index is 12.9. The van der Waals surface area contributed by atoms with E-state index in [1.54, 1.807) is 0 Å². The lowest BCUT2D eigenvalue weighted by molar-refractivity contribution is -0.167. The molecule has 0 bridgehead atoms. The Morgan fingerprint density at radius 2 is 0.527 bits per heavy atom. The van der Waals surface area contributed by atoms with Crippen LogP contribution in [0.3, 0.4) is 0 Å². The first-order chi connectivity index (χ1) is 36.5. The van der Waals surface area contributed by atoms with Crippen molar-refractivity contribution >= 4 is 17.9 Å². The Balaban J connectivity index is 4.44. The molecule has 0 radical (unpaired) electrons. The topological polar surface area (TPSA) is 78.9 Å². The summed E-state index contributed by atoms with van der Waals surface area (Å²) >= 11 is 0. The molecule has 0 aromatic rings. The van der Waals surface area contributed by atoms with Crippen molar-refractivity contribution in [3.05, 3.63) is 109 Å². The Kier molecular flexibility index (Phi) is 58.3. The van der Waals surface area contributed by atoms with Crippen LogP contribution in [-0.2, 0) is 28.6 Å². The van der Waals surface area contributed by atoms with Gasteiger partial charge in [-0.15, -0.1) is 0 Å². The van der Waals surface area contributed by atoms with Crippen molar-refractivity contribution in [2.24, 2.45) is 0 Å². The van der Waals surface area contributed by atoms with E-state index in [4.69, 9.17) is 14.2 Å². The van der Waals surface area contributed by atoms with Gasteiger partial charge in [-0.25, -0.2) is 0 Å². The first-order valence-corrected chi connectivity index (χ1v) is 30.9. The van der Waals surface area contributed by atoms with Crippen molar-refractivity contribution in [2.45, 2.75) is 290 Å². The quantitative estimate of drug-likeness (QED) is 0.0261. The highest BCUT2D eigenvalue weighted by Crippen LogP contribution is 2.16. The highest BCUT2D eigenvalue weighted by atomic mass is 16.6. The van der Waals surface area contributed by atoms with E-state index in [0.717, 1.165) is 148 Å². The lowest BCUT2D eigenvalue weighted by Crippen LogP contribution is -2.30. The van der Waals surface area contributed by atoms with Crippen molar-refractivity contribution in [1.29, 1.82) is 0 Å². The second kappa shape index (κ2) is 61.6. The van der Waals surface area contributed by atoms with Crippen LogP contribution in [0.2, 0.25) is 0 Å². The molecule has 0 aromatic carbocycles. The molecule has 1 unspecified atom stereocenters. The molecule has 0 fully saturated rings. The number of carbonyl (C=O) groups excluding carboxylic acids is 3. The van der Waals surface area contributed by atoms with Crippen molar-refractivity contribution in [1.82, 2.24) is 0 Å². The third-order valence-electron chi connectivity index (χ3n) is 13.0. The molecule has 0 aliphatic rings. The summed E-state index contributed by atoms with van der Waals surface area (Å²) < 4.78 is 16.9. The van der Waals surface area contributed by atoms with E-state index in [1.807, 2.05) is 0 Å². The molecule has 0 saturated heterocycles. The monoisotopic (exact) mass is 1030 g/mol. The van der Waals surface area contributed by atoms with Gasteiger partial charge in [-0.3, -0.25) is 14.4 Å². The Morgan fingerprint density at radius 1 is 0.284 bits per heavy atom. The Bertz CT molecular complexity index is 1510. The molecule has 0 amide bonds. The van der Waals surface area contributed by atoms with E-state index in [2.05, 4.69) is 130 Å². The number of unbranched alkanes of at least 4 members (excludes halogenated alkanes) is 26. The van der Waals surface area contributed by atoms with Gasteiger partial charge in [0, 0.05) is 19.3 Å². The van der Waals surface area contributed by atoms with Crippen molar-refractivity contribution in [3.63, 3.8) is 0 Å². The number of hydrogen-bond acceptors (Lipinski definition) is 6. The predicted octanol–water partition coefficient (Wildman–Crippen LogP) is 21.0. The van der Waals surface area contributed by atoms with E-state index in [9.17, 15) is 14.4 Å². The molecule has 0 heterocycles. The standard InChI is InChI=1S/C68H114O6/c1-4-7-10-13-16-19-22-25-28-30-32-33-34-35-36-38-40-43-46-49-52-55-58-61-67(70)73-64-65(63-72-66(69)60-57-54-51-48-45-42-39-27-24-21-18-15-12-9-6-3)74-68(71)62-59-56-53-50-47-44-41-37-31-29-26-23-20-17-14-11-8-5-2/h7,9-10,12,16,18-19,21,25,27-28,32-33,35-36,39-40,43,65H,4-6,8,11,13-15,17,20,22-24,26,29-31,34,37-38,41-42,44-64H2,1-3H3/b10-7-,12-9-,19-16-,21-18-,28-25-,33-32-,36-35-,39-27-,43-40-. The lowest BCUT2D eigenvalue weighted by Gasteiger charge is -2.18. The van der Waals surface area contributed by atoms with Crippen LogP contribution < -0.4 is 0 Å². The Labute approximate surface area is 457 Å². The summed E-state index contributed by atoms with van der Waals surface area (Å²) in [6, 6.07) is 0. The van der Waals surface area contributed by atoms with Crippen molar-refractivity contribution in [2.75, 3.05) is 13.2 Å². The molecular formula is C68H114O6. The molecule has 6 nitrogen and oxygen atoms in total. The summed E-state index contributed by atoms with van der Waals surface area (Å²) in [6.07, 6.45) is 83.7. The van der Waals surface area contributed by atoms with Gasteiger partial charge in [0.1, 0.15) is 13.2 Å². The van der Waals surface area contributed by atoms with Crippen LogP contribution in [0.15, 0.2) is 109 Å². The predicted molar refractivity (Wildman–Crippen MR) is 320 cm³/mol. The molecular weight excluding hydrogens is 913 g/mol. The largest absolute Gasteiger partial charge is 0.462 e. The molecule has 1 atom stereocenters. The summed E-state index contributed by atoms with van der Waals surface area (Å²) in [4.78, 5) is 38.3. The molecule has 0 aliphatic carbocycles. The van der Waals surface area contributed by atoms with Gasteiger partial charge in [-0.2, -0.15) is 0 Å². The molecule has 0 spiro atoms. The number of hydrogen-bond donors (Lipinski definition) is 0. The van der Waals surface area contributed by atoms with Crippen LogP contribution in [-0.4, -0.2) is 37.2 Å².